The summed E-state index contributed by atoms with van der Waals surface area (Å²) < 4.78 is 14.1. The number of imide groups is 1. The summed E-state index contributed by atoms with van der Waals surface area (Å²) in [6.45, 7) is 1.29. The first-order chi connectivity index (χ1) is 10.9. The number of halogens is 3. The first-order valence-electron chi connectivity index (χ1n) is 6.71. The summed E-state index contributed by atoms with van der Waals surface area (Å²) in [6, 6.07) is 9.26. The topological polar surface area (TPSA) is 37.4 Å². The Kier molecular flexibility index (Phi) is 3.96. The van der Waals surface area contributed by atoms with Gasteiger partial charge in [0.25, 0.3) is 5.91 Å². The van der Waals surface area contributed by atoms with Crippen molar-refractivity contribution in [2.45, 2.75) is 6.92 Å². The van der Waals surface area contributed by atoms with E-state index in [1.165, 1.54) is 25.1 Å². The smallest absolute Gasteiger partial charge is 0.265 e. The number of anilines is 1. The standard InChI is InChI=1S/C17H10Cl2FNO2/c1-9(22)21-15-6-5-11(18)8-12(15)13(17(21)23)7-10-3-2-4-14(19)16(10)20/h2-8H,1H3/b13-7+. The van der Waals surface area contributed by atoms with Crippen LogP contribution in [-0.2, 0) is 9.59 Å². The van der Waals surface area contributed by atoms with Gasteiger partial charge in [0.1, 0.15) is 5.82 Å². The molecule has 116 valence electrons. The quantitative estimate of drug-likeness (QED) is 0.707. The van der Waals surface area contributed by atoms with E-state index in [1.54, 1.807) is 24.3 Å². The molecule has 2 amide bonds. The minimum atomic E-state index is -0.626. The fourth-order valence-corrected chi connectivity index (χ4v) is 2.86. The van der Waals surface area contributed by atoms with Gasteiger partial charge in [-0.05, 0) is 30.3 Å². The highest BCUT2D eigenvalue weighted by Gasteiger charge is 2.35. The predicted octanol–water partition coefficient (Wildman–Crippen LogP) is 4.57. The van der Waals surface area contributed by atoms with Crippen molar-refractivity contribution in [3.05, 3.63) is 63.4 Å². The van der Waals surface area contributed by atoms with Crippen molar-refractivity contribution in [1.29, 1.82) is 0 Å². The van der Waals surface area contributed by atoms with Gasteiger partial charge in [-0.1, -0.05) is 35.3 Å². The number of carbonyl (C=O) groups is 2. The van der Waals surface area contributed by atoms with Crippen molar-refractivity contribution < 1.29 is 14.0 Å². The molecule has 6 heteroatoms. The monoisotopic (exact) mass is 349 g/mol. The Morgan fingerprint density at radius 2 is 1.96 bits per heavy atom. The van der Waals surface area contributed by atoms with Crippen molar-refractivity contribution >= 4 is 52.4 Å². The zero-order chi connectivity index (χ0) is 16.7. The van der Waals surface area contributed by atoms with E-state index in [9.17, 15) is 14.0 Å². The number of hydrogen-bond donors (Lipinski definition) is 0. The molecule has 0 unspecified atom stereocenters. The van der Waals surface area contributed by atoms with Crippen LogP contribution < -0.4 is 4.90 Å². The van der Waals surface area contributed by atoms with Gasteiger partial charge in [-0.2, -0.15) is 0 Å². The van der Waals surface area contributed by atoms with Gasteiger partial charge >= 0.3 is 0 Å². The molecule has 0 atom stereocenters. The molecule has 2 aromatic rings. The lowest BCUT2D eigenvalue weighted by molar-refractivity contribution is -0.122. The van der Waals surface area contributed by atoms with Crippen molar-refractivity contribution in [1.82, 2.24) is 0 Å². The first kappa shape index (κ1) is 15.7. The average Bonchev–Trinajstić information content (AvgIpc) is 2.76. The van der Waals surface area contributed by atoms with Crippen LogP contribution in [0.3, 0.4) is 0 Å². The number of fused-ring (bicyclic) bond motifs is 1. The molecule has 0 saturated carbocycles. The molecule has 0 N–H and O–H groups in total. The molecule has 3 nitrogen and oxygen atoms in total. The Morgan fingerprint density at radius 1 is 1.22 bits per heavy atom. The molecule has 0 spiro atoms. The second-order valence-electron chi connectivity index (χ2n) is 5.02. The van der Waals surface area contributed by atoms with E-state index in [2.05, 4.69) is 0 Å². The third-order valence-corrected chi connectivity index (χ3v) is 4.05. The lowest BCUT2D eigenvalue weighted by atomic mass is 10.0. The van der Waals surface area contributed by atoms with E-state index in [-0.39, 0.29) is 16.2 Å². The molecular weight excluding hydrogens is 340 g/mol. The van der Waals surface area contributed by atoms with Crippen LogP contribution in [0.5, 0.6) is 0 Å². The maximum absolute atomic E-state index is 14.1. The van der Waals surface area contributed by atoms with Crippen LogP contribution in [0.25, 0.3) is 11.6 Å². The molecule has 1 aliphatic heterocycles. The predicted molar refractivity (Wildman–Crippen MR) is 88.9 cm³/mol. The highest BCUT2D eigenvalue weighted by atomic mass is 35.5. The number of rotatable bonds is 1. The summed E-state index contributed by atoms with van der Waals surface area (Å²) in [5.74, 6) is -1.57. The van der Waals surface area contributed by atoms with Gasteiger partial charge in [0.15, 0.2) is 0 Å². The number of hydrogen-bond acceptors (Lipinski definition) is 2. The molecule has 0 radical (unpaired) electrons. The Balaban J connectivity index is 2.22. The number of carbonyl (C=O) groups excluding carboxylic acids is 2. The molecule has 3 rings (SSSR count). The fraction of sp³-hybridized carbons (Fsp3) is 0.0588. The van der Waals surface area contributed by atoms with Crippen LogP contribution in [-0.4, -0.2) is 11.8 Å². The Hall–Kier alpha value is -2.17. The molecule has 23 heavy (non-hydrogen) atoms. The number of amides is 2. The molecule has 0 bridgehead atoms. The highest BCUT2D eigenvalue weighted by Crippen LogP contribution is 2.39. The van der Waals surface area contributed by atoms with Crippen molar-refractivity contribution in [3.63, 3.8) is 0 Å². The Morgan fingerprint density at radius 3 is 2.65 bits per heavy atom. The summed E-state index contributed by atoms with van der Waals surface area (Å²) in [6.07, 6.45) is 1.38. The van der Waals surface area contributed by atoms with E-state index >= 15 is 0 Å². The fourth-order valence-electron chi connectivity index (χ4n) is 2.50. The van der Waals surface area contributed by atoms with Crippen LogP contribution in [0.1, 0.15) is 18.1 Å². The summed E-state index contributed by atoms with van der Waals surface area (Å²) in [5.41, 5.74) is 1.27. The Bertz CT molecular complexity index is 877. The lowest BCUT2D eigenvalue weighted by Gasteiger charge is -2.11. The van der Waals surface area contributed by atoms with E-state index in [4.69, 9.17) is 23.2 Å². The summed E-state index contributed by atoms with van der Waals surface area (Å²) in [4.78, 5) is 25.4. The summed E-state index contributed by atoms with van der Waals surface area (Å²) >= 11 is 11.8. The van der Waals surface area contributed by atoms with Crippen molar-refractivity contribution in [2.24, 2.45) is 0 Å². The zero-order valence-corrected chi connectivity index (χ0v) is 13.5. The maximum atomic E-state index is 14.1. The third-order valence-electron chi connectivity index (χ3n) is 3.52. The van der Waals surface area contributed by atoms with Crippen LogP contribution in [0.4, 0.5) is 10.1 Å². The molecule has 1 aliphatic rings. The normalized spacial score (nSPS) is 15.2. The molecule has 2 aromatic carbocycles. The van der Waals surface area contributed by atoms with E-state index in [0.717, 1.165) is 4.90 Å². The number of nitrogens with zero attached hydrogens (tertiary/aromatic N) is 1. The van der Waals surface area contributed by atoms with Gasteiger partial charge in [-0.15, -0.1) is 0 Å². The summed E-state index contributed by atoms with van der Waals surface area (Å²) in [5, 5.41) is 0.374. The Labute approximate surface area is 141 Å². The van der Waals surface area contributed by atoms with Gasteiger partial charge in [0, 0.05) is 23.1 Å². The lowest BCUT2D eigenvalue weighted by Crippen LogP contribution is -2.31. The zero-order valence-electron chi connectivity index (χ0n) is 11.9. The molecule has 0 aromatic heterocycles. The van der Waals surface area contributed by atoms with Gasteiger partial charge in [0.05, 0.1) is 16.3 Å². The average molecular weight is 350 g/mol. The third kappa shape index (κ3) is 2.64. The molecule has 0 aliphatic carbocycles. The van der Waals surface area contributed by atoms with Crippen LogP contribution in [0, 0.1) is 5.82 Å². The maximum Gasteiger partial charge on any atom is 0.265 e. The van der Waals surface area contributed by atoms with Crippen LogP contribution >= 0.6 is 23.2 Å². The first-order valence-corrected chi connectivity index (χ1v) is 7.46. The van der Waals surface area contributed by atoms with Crippen molar-refractivity contribution in [2.75, 3.05) is 4.90 Å². The molecule has 0 fully saturated rings. The van der Waals surface area contributed by atoms with Gasteiger partial charge < -0.3 is 0 Å². The van der Waals surface area contributed by atoms with Crippen LogP contribution in [0.2, 0.25) is 10.0 Å². The van der Waals surface area contributed by atoms with Gasteiger partial charge in [-0.25, -0.2) is 9.29 Å². The van der Waals surface area contributed by atoms with E-state index < -0.39 is 17.6 Å². The van der Waals surface area contributed by atoms with Crippen LogP contribution in [0.15, 0.2) is 36.4 Å². The van der Waals surface area contributed by atoms with E-state index in [0.29, 0.717) is 16.3 Å². The second-order valence-corrected chi connectivity index (χ2v) is 5.87. The largest absolute Gasteiger partial charge is 0.274 e. The van der Waals surface area contributed by atoms with Gasteiger partial charge in [-0.3, -0.25) is 9.59 Å². The minimum absolute atomic E-state index is 0.0421. The van der Waals surface area contributed by atoms with Crippen molar-refractivity contribution in [3.8, 4) is 0 Å². The van der Waals surface area contributed by atoms with E-state index in [1.807, 2.05) is 0 Å². The summed E-state index contributed by atoms with van der Waals surface area (Å²) in [7, 11) is 0. The minimum Gasteiger partial charge on any atom is -0.274 e. The SMILES string of the molecule is CC(=O)N1C(=O)/C(=C/c2cccc(Cl)c2F)c2cc(Cl)ccc21. The molecule has 0 saturated heterocycles. The highest BCUT2D eigenvalue weighted by molar-refractivity contribution is 6.42. The molecular formula is C17H10Cl2FNO2. The second kappa shape index (κ2) is 5.80. The molecule has 1 heterocycles. The number of benzene rings is 2. The van der Waals surface area contributed by atoms with Gasteiger partial charge in [0.2, 0.25) is 5.91 Å².